The molecule has 0 heterocycles. The van der Waals surface area contributed by atoms with Crippen molar-refractivity contribution in [2.45, 2.75) is 66.5 Å². The number of methoxy groups -OCH3 is 2. The summed E-state index contributed by atoms with van der Waals surface area (Å²) in [5, 5.41) is 5.19. The molecule has 0 aliphatic heterocycles. The van der Waals surface area contributed by atoms with E-state index < -0.39 is 46.7 Å². The summed E-state index contributed by atoms with van der Waals surface area (Å²) in [6, 6.07) is -1.64. The lowest BCUT2D eigenvalue weighted by atomic mass is 9.86. The highest BCUT2D eigenvalue weighted by molar-refractivity contribution is 5.89. The Morgan fingerprint density at radius 3 is 1.15 bits per heavy atom. The summed E-state index contributed by atoms with van der Waals surface area (Å²) in [6.07, 6.45) is -0.235. The van der Waals surface area contributed by atoms with Gasteiger partial charge in [0.2, 0.25) is 11.8 Å². The lowest BCUT2D eigenvalue weighted by molar-refractivity contribution is -0.149. The third-order valence-corrected chi connectivity index (χ3v) is 3.80. The topological polar surface area (TPSA) is 111 Å². The fourth-order valence-corrected chi connectivity index (χ4v) is 2.19. The van der Waals surface area contributed by atoms with E-state index in [0.717, 1.165) is 0 Å². The first-order valence-corrected chi connectivity index (χ1v) is 8.48. The molecule has 0 aliphatic carbocycles. The Balaban J connectivity index is 4.77. The van der Waals surface area contributed by atoms with Gasteiger partial charge in [0, 0.05) is 12.8 Å². The first-order chi connectivity index (χ1) is 11.7. The standard InChI is InChI=1S/C18H32N2O6/c1-17(2,3)13(15(23)25-7)19-11(21)9-10-12(22)20-14(16(24)26-8)18(4,5)6/h13-14H,9-10H2,1-8H3,(H,19,21)(H,20,22)/t13-,14-/m1/s1. The molecule has 0 aliphatic rings. The maximum atomic E-state index is 12.1. The minimum atomic E-state index is -0.819. The fraction of sp³-hybridized carbons (Fsp3) is 0.778. The summed E-state index contributed by atoms with van der Waals surface area (Å²) >= 11 is 0. The Morgan fingerprint density at radius 2 is 0.962 bits per heavy atom. The van der Waals surface area contributed by atoms with Crippen LogP contribution < -0.4 is 10.6 Å². The van der Waals surface area contributed by atoms with Gasteiger partial charge in [0.1, 0.15) is 12.1 Å². The van der Waals surface area contributed by atoms with Gasteiger partial charge < -0.3 is 20.1 Å². The van der Waals surface area contributed by atoms with Gasteiger partial charge in [0.25, 0.3) is 0 Å². The lowest BCUT2D eigenvalue weighted by Crippen LogP contribution is -2.51. The Morgan fingerprint density at radius 1 is 0.692 bits per heavy atom. The van der Waals surface area contributed by atoms with Crippen molar-refractivity contribution in [1.82, 2.24) is 10.6 Å². The SMILES string of the molecule is COC(=O)[C@@H](NC(=O)CCC(=O)N[C@H](C(=O)OC)C(C)(C)C)C(C)(C)C. The van der Waals surface area contributed by atoms with Gasteiger partial charge >= 0.3 is 11.9 Å². The van der Waals surface area contributed by atoms with Crippen LogP contribution in [0.4, 0.5) is 0 Å². The van der Waals surface area contributed by atoms with Crippen LogP contribution in [0.25, 0.3) is 0 Å². The maximum absolute atomic E-state index is 12.1. The Labute approximate surface area is 155 Å². The minimum Gasteiger partial charge on any atom is -0.467 e. The summed E-state index contributed by atoms with van der Waals surface area (Å²) in [7, 11) is 2.50. The zero-order valence-electron chi connectivity index (χ0n) is 17.0. The highest BCUT2D eigenvalue weighted by Crippen LogP contribution is 2.21. The van der Waals surface area contributed by atoms with Crippen molar-refractivity contribution in [2.75, 3.05) is 14.2 Å². The monoisotopic (exact) mass is 372 g/mol. The van der Waals surface area contributed by atoms with Gasteiger partial charge in [-0.1, -0.05) is 41.5 Å². The van der Waals surface area contributed by atoms with Crippen LogP contribution in [0.15, 0.2) is 0 Å². The van der Waals surface area contributed by atoms with E-state index in [1.807, 2.05) is 0 Å². The first-order valence-electron chi connectivity index (χ1n) is 8.48. The molecular formula is C18H32N2O6. The van der Waals surface area contributed by atoms with Gasteiger partial charge in [-0.3, -0.25) is 9.59 Å². The molecule has 2 atom stereocenters. The average Bonchev–Trinajstić information content (AvgIpc) is 2.52. The largest absolute Gasteiger partial charge is 0.467 e. The van der Waals surface area contributed by atoms with Crippen LogP contribution in [0.2, 0.25) is 0 Å². The number of ether oxygens (including phenoxy) is 2. The van der Waals surface area contributed by atoms with Crippen molar-refractivity contribution in [3.8, 4) is 0 Å². The van der Waals surface area contributed by atoms with Crippen molar-refractivity contribution in [1.29, 1.82) is 0 Å². The van der Waals surface area contributed by atoms with Crippen LogP contribution in [-0.4, -0.2) is 50.1 Å². The molecular weight excluding hydrogens is 340 g/mol. The molecule has 0 unspecified atom stereocenters. The summed E-state index contributed by atoms with van der Waals surface area (Å²) in [5.41, 5.74) is -1.07. The zero-order chi connectivity index (χ0) is 20.7. The van der Waals surface area contributed by atoms with E-state index in [1.54, 1.807) is 41.5 Å². The molecule has 0 aromatic carbocycles. The van der Waals surface area contributed by atoms with Crippen molar-refractivity contribution in [3.63, 3.8) is 0 Å². The molecule has 26 heavy (non-hydrogen) atoms. The molecule has 0 bridgehead atoms. The number of nitrogens with one attached hydrogen (secondary N) is 2. The van der Waals surface area contributed by atoms with E-state index in [2.05, 4.69) is 10.6 Å². The van der Waals surface area contributed by atoms with Crippen LogP contribution in [0.5, 0.6) is 0 Å². The molecule has 2 N–H and O–H groups in total. The Kier molecular flexibility index (Phi) is 8.76. The summed E-state index contributed by atoms with van der Waals surface area (Å²) in [5.74, 6) is -1.99. The van der Waals surface area contributed by atoms with Gasteiger partial charge in [-0.05, 0) is 10.8 Å². The van der Waals surface area contributed by atoms with Crippen LogP contribution >= 0.6 is 0 Å². The lowest BCUT2D eigenvalue weighted by Gasteiger charge is -2.29. The van der Waals surface area contributed by atoms with Crippen LogP contribution in [0.3, 0.4) is 0 Å². The van der Waals surface area contributed by atoms with E-state index in [1.165, 1.54) is 14.2 Å². The number of rotatable bonds is 7. The number of esters is 2. The van der Waals surface area contributed by atoms with Crippen molar-refractivity contribution in [2.24, 2.45) is 10.8 Å². The fourth-order valence-electron chi connectivity index (χ4n) is 2.19. The molecule has 0 aromatic rings. The smallest absolute Gasteiger partial charge is 0.328 e. The quantitative estimate of drug-likeness (QED) is 0.649. The number of carbonyl (C=O) groups excluding carboxylic acids is 4. The summed E-state index contributed by atoms with van der Waals surface area (Å²) in [4.78, 5) is 47.9. The number of carbonyl (C=O) groups is 4. The van der Waals surface area contributed by atoms with Gasteiger partial charge in [0.05, 0.1) is 14.2 Å². The highest BCUT2D eigenvalue weighted by atomic mass is 16.5. The number of amides is 2. The Hall–Kier alpha value is -2.12. The summed E-state index contributed by atoms with van der Waals surface area (Å²) in [6.45, 7) is 10.8. The number of hydrogen-bond donors (Lipinski definition) is 2. The van der Waals surface area contributed by atoms with Crippen molar-refractivity contribution >= 4 is 23.8 Å². The third-order valence-electron chi connectivity index (χ3n) is 3.80. The second-order valence-electron chi connectivity index (χ2n) is 8.28. The number of hydrogen-bond acceptors (Lipinski definition) is 6. The maximum Gasteiger partial charge on any atom is 0.328 e. The molecule has 0 fully saturated rings. The van der Waals surface area contributed by atoms with Crippen LogP contribution in [0.1, 0.15) is 54.4 Å². The van der Waals surface area contributed by atoms with E-state index in [4.69, 9.17) is 9.47 Å². The molecule has 8 heteroatoms. The molecule has 0 saturated carbocycles. The third kappa shape index (κ3) is 7.84. The molecule has 0 rings (SSSR count). The van der Waals surface area contributed by atoms with Gasteiger partial charge in [0.15, 0.2) is 0 Å². The van der Waals surface area contributed by atoms with Crippen LogP contribution in [0, 0.1) is 10.8 Å². The second-order valence-corrected chi connectivity index (χ2v) is 8.28. The minimum absolute atomic E-state index is 0.118. The van der Waals surface area contributed by atoms with Crippen LogP contribution in [-0.2, 0) is 28.7 Å². The molecule has 8 nitrogen and oxygen atoms in total. The van der Waals surface area contributed by atoms with E-state index in [-0.39, 0.29) is 12.8 Å². The van der Waals surface area contributed by atoms with Crippen molar-refractivity contribution < 1.29 is 28.7 Å². The van der Waals surface area contributed by atoms with E-state index in [9.17, 15) is 19.2 Å². The average molecular weight is 372 g/mol. The predicted molar refractivity (Wildman–Crippen MR) is 96.0 cm³/mol. The van der Waals surface area contributed by atoms with E-state index in [0.29, 0.717) is 0 Å². The molecule has 0 radical (unpaired) electrons. The predicted octanol–water partition coefficient (Wildman–Crippen LogP) is 1.17. The highest BCUT2D eigenvalue weighted by Gasteiger charge is 2.35. The van der Waals surface area contributed by atoms with Gasteiger partial charge in [-0.2, -0.15) is 0 Å². The van der Waals surface area contributed by atoms with E-state index >= 15 is 0 Å². The molecule has 0 spiro atoms. The van der Waals surface area contributed by atoms with Gasteiger partial charge in [-0.25, -0.2) is 9.59 Å². The zero-order valence-corrected chi connectivity index (χ0v) is 17.0. The normalized spacial score (nSPS) is 14.0. The Bertz CT molecular complexity index is 483. The summed E-state index contributed by atoms with van der Waals surface area (Å²) < 4.78 is 9.42. The first kappa shape index (κ1) is 23.9. The second kappa shape index (κ2) is 9.54. The molecule has 150 valence electrons. The molecule has 2 amide bonds. The van der Waals surface area contributed by atoms with Gasteiger partial charge in [-0.15, -0.1) is 0 Å². The molecule has 0 aromatic heterocycles. The van der Waals surface area contributed by atoms with Crippen molar-refractivity contribution in [3.05, 3.63) is 0 Å². The molecule has 0 saturated heterocycles.